The van der Waals surface area contributed by atoms with E-state index in [4.69, 9.17) is 9.47 Å². The molecule has 0 saturated heterocycles. The molecule has 0 heterocycles. The van der Waals surface area contributed by atoms with Gasteiger partial charge in [0.25, 0.3) is 0 Å². The predicted octanol–water partition coefficient (Wildman–Crippen LogP) is 3.98. The van der Waals surface area contributed by atoms with E-state index in [1.807, 2.05) is 36.4 Å². The Kier molecular flexibility index (Phi) is 4.70. The summed E-state index contributed by atoms with van der Waals surface area (Å²) < 4.78 is 23.1. The second-order valence-corrected chi connectivity index (χ2v) is 3.97. The highest BCUT2D eigenvalue weighted by Gasteiger charge is 1.99. The van der Waals surface area contributed by atoms with E-state index in [2.05, 4.69) is 0 Å². The minimum atomic E-state index is -0.235. The molecule has 0 fully saturated rings. The quantitative estimate of drug-likeness (QED) is 0.596. The first-order chi connectivity index (χ1) is 9.29. The Balaban J connectivity index is 2.15. The predicted molar refractivity (Wildman–Crippen MR) is 74.3 cm³/mol. The maximum Gasteiger partial charge on any atom is 0.188 e. The molecule has 2 aromatic carbocycles. The van der Waals surface area contributed by atoms with Crippen molar-refractivity contribution in [1.29, 1.82) is 0 Å². The summed E-state index contributed by atoms with van der Waals surface area (Å²) in [5.41, 5.74) is 1.88. The topological polar surface area (TPSA) is 18.5 Å². The van der Waals surface area contributed by atoms with Gasteiger partial charge in [0, 0.05) is 12.7 Å². The number of hydrogen-bond donors (Lipinski definition) is 0. The lowest BCUT2D eigenvalue weighted by atomic mass is 10.1. The average Bonchev–Trinajstić information content (AvgIpc) is 2.45. The fourth-order valence-corrected chi connectivity index (χ4v) is 1.63. The molecule has 0 aromatic heterocycles. The first-order valence-electron chi connectivity index (χ1n) is 5.94. The van der Waals surface area contributed by atoms with Crippen molar-refractivity contribution in [3.05, 3.63) is 65.5 Å². The maximum absolute atomic E-state index is 12.8. The van der Waals surface area contributed by atoms with Crippen molar-refractivity contribution in [2.45, 2.75) is 0 Å². The zero-order chi connectivity index (χ0) is 13.5. The third-order valence-corrected chi connectivity index (χ3v) is 2.58. The summed E-state index contributed by atoms with van der Waals surface area (Å²) in [6.45, 7) is 0.210. The van der Waals surface area contributed by atoms with Crippen LogP contribution in [0.4, 0.5) is 4.39 Å². The molecule has 0 amide bonds. The molecule has 98 valence electrons. The summed E-state index contributed by atoms with van der Waals surface area (Å²) in [6.07, 6.45) is 3.84. The molecule has 0 aliphatic heterocycles. The van der Waals surface area contributed by atoms with Crippen molar-refractivity contribution in [3.63, 3.8) is 0 Å². The SMILES string of the molecule is COCOc1ccccc1/C=C/c1ccc(F)cc1. The van der Waals surface area contributed by atoms with Gasteiger partial charge < -0.3 is 9.47 Å². The number of methoxy groups -OCH3 is 1. The number of hydrogen-bond acceptors (Lipinski definition) is 2. The zero-order valence-electron chi connectivity index (χ0n) is 10.7. The van der Waals surface area contributed by atoms with Gasteiger partial charge in [0.1, 0.15) is 11.6 Å². The lowest BCUT2D eigenvalue weighted by Gasteiger charge is -2.07. The molecule has 0 radical (unpaired) electrons. The minimum absolute atomic E-state index is 0.210. The van der Waals surface area contributed by atoms with E-state index < -0.39 is 0 Å². The molecule has 0 bridgehead atoms. The van der Waals surface area contributed by atoms with Crippen molar-refractivity contribution in [2.75, 3.05) is 13.9 Å². The molecule has 19 heavy (non-hydrogen) atoms. The van der Waals surface area contributed by atoms with Crippen LogP contribution in [0.3, 0.4) is 0 Å². The Morgan fingerprint density at radius 2 is 1.74 bits per heavy atom. The highest BCUT2D eigenvalue weighted by atomic mass is 19.1. The fraction of sp³-hybridized carbons (Fsp3) is 0.125. The second-order valence-electron chi connectivity index (χ2n) is 3.97. The van der Waals surface area contributed by atoms with Gasteiger partial charge in [-0.1, -0.05) is 42.5 Å². The number of para-hydroxylation sites is 1. The monoisotopic (exact) mass is 258 g/mol. The van der Waals surface area contributed by atoms with Gasteiger partial charge in [0.05, 0.1) is 0 Å². The minimum Gasteiger partial charge on any atom is -0.467 e. The van der Waals surface area contributed by atoms with Gasteiger partial charge in [-0.05, 0) is 23.8 Å². The van der Waals surface area contributed by atoms with E-state index in [1.54, 1.807) is 19.2 Å². The van der Waals surface area contributed by atoms with E-state index in [0.29, 0.717) is 0 Å². The molecule has 2 aromatic rings. The lowest BCUT2D eigenvalue weighted by Crippen LogP contribution is -1.99. The Bertz CT molecular complexity index is 547. The molecule has 0 aliphatic rings. The second kappa shape index (κ2) is 6.71. The molecular weight excluding hydrogens is 243 g/mol. The molecule has 2 nitrogen and oxygen atoms in total. The van der Waals surface area contributed by atoms with Crippen molar-refractivity contribution >= 4 is 12.2 Å². The number of benzene rings is 2. The summed E-state index contributed by atoms with van der Waals surface area (Å²) in [5.74, 6) is 0.517. The molecule has 0 aliphatic carbocycles. The standard InChI is InChI=1S/C16H15FO2/c1-18-12-19-16-5-3-2-4-14(16)9-6-13-7-10-15(17)11-8-13/h2-11H,12H2,1H3/b9-6+. The molecule has 2 rings (SSSR count). The Morgan fingerprint density at radius 3 is 2.47 bits per heavy atom. The normalized spacial score (nSPS) is 10.8. The van der Waals surface area contributed by atoms with Gasteiger partial charge >= 0.3 is 0 Å². The van der Waals surface area contributed by atoms with Gasteiger partial charge in [-0.2, -0.15) is 0 Å². The van der Waals surface area contributed by atoms with E-state index in [-0.39, 0.29) is 12.6 Å². The Morgan fingerprint density at radius 1 is 1.00 bits per heavy atom. The maximum atomic E-state index is 12.8. The summed E-state index contributed by atoms with van der Waals surface area (Å²) in [5, 5.41) is 0. The first-order valence-corrected chi connectivity index (χ1v) is 5.94. The molecule has 0 saturated carbocycles. The van der Waals surface area contributed by atoms with Crippen molar-refractivity contribution in [3.8, 4) is 5.75 Å². The van der Waals surface area contributed by atoms with E-state index >= 15 is 0 Å². The van der Waals surface area contributed by atoms with E-state index in [0.717, 1.165) is 16.9 Å². The zero-order valence-corrected chi connectivity index (χ0v) is 10.7. The van der Waals surface area contributed by atoms with Crippen LogP contribution >= 0.6 is 0 Å². The third-order valence-electron chi connectivity index (χ3n) is 2.58. The summed E-state index contributed by atoms with van der Waals surface area (Å²) in [4.78, 5) is 0. The highest BCUT2D eigenvalue weighted by molar-refractivity contribution is 5.72. The first kappa shape index (κ1) is 13.3. The van der Waals surface area contributed by atoms with Gasteiger partial charge in [-0.3, -0.25) is 0 Å². The van der Waals surface area contributed by atoms with Crippen LogP contribution in [-0.4, -0.2) is 13.9 Å². The van der Waals surface area contributed by atoms with Gasteiger partial charge in [0.15, 0.2) is 6.79 Å². The summed E-state index contributed by atoms with van der Waals surface area (Å²) in [7, 11) is 1.58. The summed E-state index contributed by atoms with van der Waals surface area (Å²) >= 11 is 0. The van der Waals surface area contributed by atoms with Crippen LogP contribution in [0.5, 0.6) is 5.75 Å². The molecule has 0 spiro atoms. The fourth-order valence-electron chi connectivity index (χ4n) is 1.63. The van der Waals surface area contributed by atoms with Crippen molar-refractivity contribution in [1.82, 2.24) is 0 Å². The highest BCUT2D eigenvalue weighted by Crippen LogP contribution is 2.20. The van der Waals surface area contributed by atoms with Crippen LogP contribution in [0.15, 0.2) is 48.5 Å². The largest absolute Gasteiger partial charge is 0.467 e. The van der Waals surface area contributed by atoms with Gasteiger partial charge in [-0.15, -0.1) is 0 Å². The average molecular weight is 258 g/mol. The molecular formula is C16H15FO2. The van der Waals surface area contributed by atoms with Crippen molar-refractivity contribution < 1.29 is 13.9 Å². The lowest BCUT2D eigenvalue weighted by molar-refractivity contribution is 0.0510. The summed E-state index contributed by atoms with van der Waals surface area (Å²) in [6, 6.07) is 14.0. The van der Waals surface area contributed by atoms with Crippen LogP contribution in [0.25, 0.3) is 12.2 Å². The van der Waals surface area contributed by atoms with Crippen LogP contribution in [-0.2, 0) is 4.74 Å². The Labute approximate surface area is 112 Å². The molecule has 3 heteroatoms. The van der Waals surface area contributed by atoms with Crippen molar-refractivity contribution in [2.24, 2.45) is 0 Å². The van der Waals surface area contributed by atoms with E-state index in [1.165, 1.54) is 12.1 Å². The molecule has 0 unspecified atom stereocenters. The van der Waals surface area contributed by atoms with Crippen LogP contribution < -0.4 is 4.74 Å². The van der Waals surface area contributed by atoms with E-state index in [9.17, 15) is 4.39 Å². The van der Waals surface area contributed by atoms with Gasteiger partial charge in [-0.25, -0.2) is 4.39 Å². The Hall–Kier alpha value is -2.13. The van der Waals surface area contributed by atoms with Crippen LogP contribution in [0.1, 0.15) is 11.1 Å². The number of rotatable bonds is 5. The smallest absolute Gasteiger partial charge is 0.188 e. The molecule has 0 N–H and O–H groups in total. The number of ether oxygens (including phenoxy) is 2. The van der Waals surface area contributed by atoms with Crippen LogP contribution in [0.2, 0.25) is 0 Å². The third kappa shape index (κ3) is 3.93. The molecule has 0 atom stereocenters. The van der Waals surface area contributed by atoms with Gasteiger partial charge in [0.2, 0.25) is 0 Å². The van der Waals surface area contributed by atoms with Crippen LogP contribution in [0, 0.1) is 5.82 Å². The number of halogens is 1.